The molecule has 0 radical (unpaired) electrons. The molecule has 1 aliphatic heterocycles. The molecule has 0 aliphatic carbocycles. The zero-order valence-corrected chi connectivity index (χ0v) is 14.2. The van der Waals surface area contributed by atoms with E-state index >= 15 is 0 Å². The predicted octanol–water partition coefficient (Wildman–Crippen LogP) is 2.92. The molecule has 0 bridgehead atoms. The second-order valence-electron chi connectivity index (χ2n) is 6.07. The third kappa shape index (κ3) is 5.59. The molecule has 1 amide bonds. The van der Waals surface area contributed by atoms with Crippen LogP contribution in [0.25, 0.3) is 0 Å². The van der Waals surface area contributed by atoms with Crippen LogP contribution in [0, 0.1) is 0 Å². The number of carbonyl (C=O) groups is 1. The predicted molar refractivity (Wildman–Crippen MR) is 91.3 cm³/mol. The maximum Gasteiger partial charge on any atom is 0.222 e. The Morgan fingerprint density at radius 2 is 1.95 bits per heavy atom. The number of halogens is 1. The van der Waals surface area contributed by atoms with E-state index in [2.05, 4.69) is 31.3 Å². The molecule has 1 fully saturated rings. The molecule has 0 spiro atoms. The molecule has 4 nitrogen and oxygen atoms in total. The van der Waals surface area contributed by atoms with E-state index in [9.17, 15) is 4.79 Å². The highest BCUT2D eigenvalue weighted by Crippen LogP contribution is 2.18. The first-order valence-corrected chi connectivity index (χ1v) is 7.80. The van der Waals surface area contributed by atoms with E-state index in [0.717, 1.165) is 25.0 Å². The van der Waals surface area contributed by atoms with Crippen LogP contribution in [0.2, 0.25) is 0 Å². The molecule has 0 aromatic heterocycles. The summed E-state index contributed by atoms with van der Waals surface area (Å²) in [6.07, 6.45) is 2.57. The molecule has 1 aromatic rings. The molecule has 0 saturated carbocycles. The van der Waals surface area contributed by atoms with Gasteiger partial charge in [0.2, 0.25) is 5.91 Å². The summed E-state index contributed by atoms with van der Waals surface area (Å²) in [6.45, 7) is 5.58. The van der Waals surface area contributed by atoms with Crippen LogP contribution in [0.4, 0.5) is 0 Å². The van der Waals surface area contributed by atoms with Crippen LogP contribution >= 0.6 is 12.4 Å². The summed E-state index contributed by atoms with van der Waals surface area (Å²) < 4.78 is 5.46. The molecule has 124 valence electrons. The number of ether oxygens (including phenoxy) is 1. The van der Waals surface area contributed by atoms with E-state index in [0.29, 0.717) is 18.9 Å². The molecule has 3 N–H and O–H groups in total. The normalized spacial score (nSPS) is 18.8. The van der Waals surface area contributed by atoms with Gasteiger partial charge in [-0.25, -0.2) is 0 Å². The van der Waals surface area contributed by atoms with Gasteiger partial charge in [0.25, 0.3) is 0 Å². The Labute approximate surface area is 139 Å². The minimum absolute atomic E-state index is 0. The lowest BCUT2D eigenvalue weighted by atomic mass is 9.99. The highest BCUT2D eigenvalue weighted by Gasteiger charge is 2.19. The molecule has 1 saturated heterocycles. The molecule has 1 aliphatic rings. The van der Waals surface area contributed by atoms with Crippen LogP contribution in [-0.2, 0) is 9.53 Å². The molecular formula is C17H27ClN2O2. The summed E-state index contributed by atoms with van der Waals surface area (Å²) >= 11 is 0. The van der Waals surface area contributed by atoms with Crippen LogP contribution in [0.5, 0.6) is 0 Å². The maximum absolute atomic E-state index is 11.8. The molecule has 2 unspecified atom stereocenters. The van der Waals surface area contributed by atoms with Gasteiger partial charge in [-0.3, -0.25) is 4.79 Å². The highest BCUT2D eigenvalue weighted by molar-refractivity contribution is 5.85. The van der Waals surface area contributed by atoms with Crippen molar-refractivity contribution in [1.29, 1.82) is 0 Å². The average molecular weight is 327 g/mol. The standard InChI is InChI=1S/C17H26N2O2.ClH/c1-12(2)13-5-7-14(8-6-13)16(18)11-19-17(20)10-15-4-3-9-21-15;/h5-8,12,15-16H,3-4,9-11,18H2,1-2H3,(H,19,20);1H. The Bertz CT molecular complexity index is 456. The van der Waals surface area contributed by atoms with Crippen LogP contribution in [0.15, 0.2) is 24.3 Å². The lowest BCUT2D eigenvalue weighted by molar-refractivity contribution is -0.123. The van der Waals surface area contributed by atoms with Gasteiger partial charge in [0.15, 0.2) is 0 Å². The lowest BCUT2D eigenvalue weighted by Crippen LogP contribution is -2.33. The van der Waals surface area contributed by atoms with Gasteiger partial charge in [0.05, 0.1) is 12.5 Å². The fraction of sp³-hybridized carbons (Fsp3) is 0.588. The zero-order chi connectivity index (χ0) is 15.2. The van der Waals surface area contributed by atoms with Gasteiger partial charge in [-0.1, -0.05) is 38.1 Å². The SMILES string of the molecule is CC(C)c1ccc(C(N)CNC(=O)CC2CCCO2)cc1.Cl. The molecule has 5 heteroatoms. The maximum atomic E-state index is 11.8. The lowest BCUT2D eigenvalue weighted by Gasteiger charge is -2.15. The zero-order valence-electron chi connectivity index (χ0n) is 13.4. The highest BCUT2D eigenvalue weighted by atomic mass is 35.5. The molecule has 2 atom stereocenters. The van der Waals surface area contributed by atoms with E-state index in [1.165, 1.54) is 5.56 Å². The minimum atomic E-state index is -0.167. The number of benzene rings is 1. The Kier molecular flexibility index (Phi) is 7.87. The summed E-state index contributed by atoms with van der Waals surface area (Å²) in [7, 11) is 0. The van der Waals surface area contributed by atoms with E-state index in [4.69, 9.17) is 10.5 Å². The summed E-state index contributed by atoms with van der Waals surface area (Å²) in [6, 6.07) is 8.14. The number of amides is 1. The Morgan fingerprint density at radius 3 is 2.50 bits per heavy atom. The van der Waals surface area contributed by atoms with Gasteiger partial charge in [-0.2, -0.15) is 0 Å². The van der Waals surface area contributed by atoms with E-state index in [1.807, 2.05) is 12.1 Å². The average Bonchev–Trinajstić information content (AvgIpc) is 2.97. The summed E-state index contributed by atoms with van der Waals surface area (Å²) in [5, 5.41) is 2.90. The Morgan fingerprint density at radius 1 is 1.32 bits per heavy atom. The Hall–Kier alpha value is -1.10. The van der Waals surface area contributed by atoms with Crippen LogP contribution in [0.1, 0.15) is 56.2 Å². The van der Waals surface area contributed by atoms with Gasteiger partial charge < -0.3 is 15.8 Å². The van der Waals surface area contributed by atoms with E-state index < -0.39 is 0 Å². The molecule has 2 rings (SSSR count). The van der Waals surface area contributed by atoms with Crippen molar-refractivity contribution in [2.75, 3.05) is 13.2 Å². The molecule has 22 heavy (non-hydrogen) atoms. The number of nitrogens with two attached hydrogens (primary N) is 1. The van der Waals surface area contributed by atoms with Crippen molar-refractivity contribution in [3.63, 3.8) is 0 Å². The van der Waals surface area contributed by atoms with Crippen molar-refractivity contribution in [2.24, 2.45) is 5.73 Å². The number of nitrogens with one attached hydrogen (secondary N) is 1. The first-order chi connectivity index (χ1) is 10.1. The van der Waals surface area contributed by atoms with Gasteiger partial charge in [0.1, 0.15) is 0 Å². The van der Waals surface area contributed by atoms with E-state index in [1.54, 1.807) is 0 Å². The van der Waals surface area contributed by atoms with Gasteiger partial charge in [0, 0.05) is 19.2 Å². The van der Waals surface area contributed by atoms with Gasteiger partial charge in [-0.05, 0) is 29.9 Å². The molecule has 1 heterocycles. The van der Waals surface area contributed by atoms with Crippen molar-refractivity contribution in [1.82, 2.24) is 5.32 Å². The number of hydrogen-bond donors (Lipinski definition) is 2. The minimum Gasteiger partial charge on any atom is -0.378 e. The third-order valence-corrected chi connectivity index (χ3v) is 3.99. The second kappa shape index (κ2) is 9.13. The molecule has 1 aromatic carbocycles. The van der Waals surface area contributed by atoms with Crippen molar-refractivity contribution in [3.05, 3.63) is 35.4 Å². The summed E-state index contributed by atoms with van der Waals surface area (Å²) in [5.74, 6) is 0.539. The Balaban J connectivity index is 0.00000242. The topological polar surface area (TPSA) is 64.3 Å². The third-order valence-electron chi connectivity index (χ3n) is 3.99. The van der Waals surface area contributed by atoms with Crippen LogP contribution in [0.3, 0.4) is 0 Å². The number of rotatable bonds is 6. The van der Waals surface area contributed by atoms with Crippen LogP contribution in [-0.4, -0.2) is 25.2 Å². The first kappa shape index (κ1) is 18.9. The quantitative estimate of drug-likeness (QED) is 0.844. The van der Waals surface area contributed by atoms with Crippen molar-refractivity contribution in [3.8, 4) is 0 Å². The van der Waals surface area contributed by atoms with E-state index in [-0.39, 0.29) is 30.5 Å². The van der Waals surface area contributed by atoms with Gasteiger partial charge >= 0.3 is 0 Å². The fourth-order valence-corrected chi connectivity index (χ4v) is 2.55. The smallest absolute Gasteiger partial charge is 0.222 e. The first-order valence-electron chi connectivity index (χ1n) is 7.80. The second-order valence-corrected chi connectivity index (χ2v) is 6.07. The van der Waals surface area contributed by atoms with Gasteiger partial charge in [-0.15, -0.1) is 12.4 Å². The summed E-state index contributed by atoms with van der Waals surface area (Å²) in [4.78, 5) is 11.8. The summed E-state index contributed by atoms with van der Waals surface area (Å²) in [5.41, 5.74) is 8.48. The number of hydrogen-bond acceptors (Lipinski definition) is 3. The monoisotopic (exact) mass is 326 g/mol. The number of carbonyl (C=O) groups excluding carboxylic acids is 1. The van der Waals surface area contributed by atoms with Crippen molar-refractivity contribution < 1.29 is 9.53 Å². The fourth-order valence-electron chi connectivity index (χ4n) is 2.55. The van der Waals surface area contributed by atoms with Crippen LogP contribution < -0.4 is 11.1 Å². The molecular weight excluding hydrogens is 300 g/mol. The van der Waals surface area contributed by atoms with Crippen molar-refractivity contribution >= 4 is 18.3 Å². The largest absolute Gasteiger partial charge is 0.378 e. The van der Waals surface area contributed by atoms with Crippen molar-refractivity contribution in [2.45, 2.75) is 51.2 Å².